The minimum absolute atomic E-state index is 0.153. The van der Waals surface area contributed by atoms with Crippen LogP contribution in [0.2, 0.25) is 5.02 Å². The maximum atomic E-state index is 6.25. The van der Waals surface area contributed by atoms with Crippen LogP contribution in [-0.4, -0.2) is 36.3 Å². The van der Waals surface area contributed by atoms with Crippen LogP contribution in [-0.2, 0) is 11.3 Å². The second-order valence-corrected chi connectivity index (χ2v) is 6.75. The van der Waals surface area contributed by atoms with Gasteiger partial charge in [0.15, 0.2) is 0 Å². The van der Waals surface area contributed by atoms with Crippen LogP contribution < -0.4 is 10.2 Å². The SMILES string of the molecule is CCCNCc1nc(N2CC(C)OC(C)(C)C2)ccc1Cl. The van der Waals surface area contributed by atoms with Crippen molar-refractivity contribution in [1.29, 1.82) is 0 Å². The monoisotopic (exact) mass is 311 g/mol. The molecule has 1 aromatic rings. The van der Waals surface area contributed by atoms with Gasteiger partial charge in [0.1, 0.15) is 5.82 Å². The predicted octanol–water partition coefficient (Wildman–Crippen LogP) is 3.24. The number of halogens is 1. The van der Waals surface area contributed by atoms with Crippen LogP contribution in [0.4, 0.5) is 5.82 Å². The lowest BCUT2D eigenvalue weighted by atomic mass is 10.1. The molecule has 118 valence electrons. The molecule has 1 unspecified atom stereocenters. The molecule has 21 heavy (non-hydrogen) atoms. The number of morpholine rings is 1. The molecule has 1 aliphatic rings. The molecular formula is C16H26ClN3O. The van der Waals surface area contributed by atoms with E-state index in [1.54, 1.807) is 0 Å². The van der Waals surface area contributed by atoms with Gasteiger partial charge in [-0.3, -0.25) is 0 Å². The Morgan fingerprint density at radius 1 is 1.48 bits per heavy atom. The van der Waals surface area contributed by atoms with Crippen LogP contribution in [0.15, 0.2) is 12.1 Å². The lowest BCUT2D eigenvalue weighted by Gasteiger charge is -2.42. The highest BCUT2D eigenvalue weighted by atomic mass is 35.5. The van der Waals surface area contributed by atoms with Gasteiger partial charge in [-0.15, -0.1) is 0 Å². The second kappa shape index (κ2) is 6.95. The van der Waals surface area contributed by atoms with E-state index in [-0.39, 0.29) is 11.7 Å². The number of rotatable bonds is 5. The Bertz CT molecular complexity index is 479. The van der Waals surface area contributed by atoms with Crippen LogP contribution in [0.3, 0.4) is 0 Å². The molecule has 2 heterocycles. The first-order valence-corrected chi connectivity index (χ1v) is 8.08. The summed E-state index contributed by atoms with van der Waals surface area (Å²) in [7, 11) is 0. The highest BCUT2D eigenvalue weighted by Gasteiger charge is 2.32. The summed E-state index contributed by atoms with van der Waals surface area (Å²) in [5, 5.41) is 4.08. The molecular weight excluding hydrogens is 286 g/mol. The Hall–Kier alpha value is -0.840. The topological polar surface area (TPSA) is 37.4 Å². The van der Waals surface area contributed by atoms with E-state index >= 15 is 0 Å². The zero-order chi connectivity index (χ0) is 15.5. The fourth-order valence-corrected chi connectivity index (χ4v) is 2.96. The van der Waals surface area contributed by atoms with Gasteiger partial charge >= 0.3 is 0 Å². The standard InChI is InChI=1S/C16H26ClN3O/c1-5-8-18-9-14-13(17)6-7-15(19-14)20-10-12(2)21-16(3,4)11-20/h6-7,12,18H,5,8-11H2,1-4H3. The molecule has 0 bridgehead atoms. The van der Waals surface area contributed by atoms with Gasteiger partial charge in [-0.05, 0) is 45.9 Å². The van der Waals surface area contributed by atoms with Crippen molar-refractivity contribution in [3.8, 4) is 0 Å². The van der Waals surface area contributed by atoms with E-state index in [1.807, 2.05) is 12.1 Å². The van der Waals surface area contributed by atoms with E-state index < -0.39 is 0 Å². The fourth-order valence-electron chi connectivity index (χ4n) is 2.78. The molecule has 2 rings (SSSR count). The fraction of sp³-hybridized carbons (Fsp3) is 0.688. The van der Waals surface area contributed by atoms with E-state index in [4.69, 9.17) is 21.3 Å². The van der Waals surface area contributed by atoms with Crippen molar-refractivity contribution in [1.82, 2.24) is 10.3 Å². The number of ether oxygens (including phenoxy) is 1. The highest BCUT2D eigenvalue weighted by molar-refractivity contribution is 6.31. The maximum absolute atomic E-state index is 6.25. The molecule has 0 radical (unpaired) electrons. The normalized spacial score (nSPS) is 21.6. The van der Waals surface area contributed by atoms with E-state index in [0.717, 1.165) is 42.6 Å². The quantitative estimate of drug-likeness (QED) is 0.847. The van der Waals surface area contributed by atoms with E-state index in [2.05, 4.69) is 37.9 Å². The summed E-state index contributed by atoms with van der Waals surface area (Å²) < 4.78 is 5.95. The summed E-state index contributed by atoms with van der Waals surface area (Å²) in [6.07, 6.45) is 1.31. The van der Waals surface area contributed by atoms with Gasteiger partial charge in [0.2, 0.25) is 0 Å². The zero-order valence-corrected chi connectivity index (χ0v) is 14.2. The first-order valence-electron chi connectivity index (χ1n) is 7.70. The molecule has 4 nitrogen and oxygen atoms in total. The van der Waals surface area contributed by atoms with Crippen molar-refractivity contribution in [2.75, 3.05) is 24.5 Å². The summed E-state index contributed by atoms with van der Waals surface area (Å²) in [5.41, 5.74) is 0.763. The number of hydrogen-bond acceptors (Lipinski definition) is 4. The minimum atomic E-state index is -0.153. The molecule has 1 aliphatic heterocycles. The number of hydrogen-bond donors (Lipinski definition) is 1. The van der Waals surface area contributed by atoms with Crippen LogP contribution in [0.5, 0.6) is 0 Å². The maximum Gasteiger partial charge on any atom is 0.129 e. The smallest absolute Gasteiger partial charge is 0.129 e. The molecule has 1 fully saturated rings. The number of aromatic nitrogens is 1. The number of pyridine rings is 1. The number of nitrogens with zero attached hydrogens (tertiary/aromatic N) is 2. The van der Waals surface area contributed by atoms with Crippen molar-refractivity contribution >= 4 is 17.4 Å². The van der Waals surface area contributed by atoms with Crippen LogP contribution in [0.25, 0.3) is 0 Å². The van der Waals surface area contributed by atoms with Gasteiger partial charge in [0.05, 0.1) is 22.4 Å². The van der Waals surface area contributed by atoms with Gasteiger partial charge in [-0.1, -0.05) is 18.5 Å². The van der Waals surface area contributed by atoms with Crippen molar-refractivity contribution in [2.24, 2.45) is 0 Å². The molecule has 1 aromatic heterocycles. The Morgan fingerprint density at radius 2 is 2.24 bits per heavy atom. The molecule has 0 spiro atoms. The first-order chi connectivity index (χ1) is 9.91. The highest BCUT2D eigenvalue weighted by Crippen LogP contribution is 2.26. The Labute approximate surface area is 132 Å². The Morgan fingerprint density at radius 3 is 2.90 bits per heavy atom. The summed E-state index contributed by atoms with van der Waals surface area (Å²) in [6, 6.07) is 3.94. The van der Waals surface area contributed by atoms with Crippen LogP contribution >= 0.6 is 11.6 Å². The Balaban J connectivity index is 2.14. The first kappa shape index (κ1) is 16.5. The van der Waals surface area contributed by atoms with Gasteiger partial charge in [-0.2, -0.15) is 0 Å². The average molecular weight is 312 g/mol. The molecule has 0 aromatic carbocycles. The predicted molar refractivity (Wildman–Crippen MR) is 88.1 cm³/mol. The molecule has 1 saturated heterocycles. The van der Waals surface area contributed by atoms with Crippen molar-refractivity contribution in [2.45, 2.75) is 52.4 Å². The van der Waals surface area contributed by atoms with Gasteiger partial charge in [-0.25, -0.2) is 4.98 Å². The van der Waals surface area contributed by atoms with Crippen molar-refractivity contribution in [3.63, 3.8) is 0 Å². The molecule has 0 aliphatic carbocycles. The summed E-state index contributed by atoms with van der Waals surface area (Å²) in [4.78, 5) is 7.03. The van der Waals surface area contributed by atoms with Gasteiger partial charge in [0, 0.05) is 19.6 Å². The molecule has 0 saturated carbocycles. The Kier molecular flexibility index (Phi) is 5.47. The van der Waals surface area contributed by atoms with Crippen molar-refractivity contribution in [3.05, 3.63) is 22.8 Å². The molecule has 1 atom stereocenters. The largest absolute Gasteiger partial charge is 0.369 e. The lowest BCUT2D eigenvalue weighted by molar-refractivity contribution is -0.0751. The third kappa shape index (κ3) is 4.56. The molecule has 5 heteroatoms. The summed E-state index contributed by atoms with van der Waals surface area (Å²) >= 11 is 6.25. The van der Waals surface area contributed by atoms with Gasteiger partial charge in [0.25, 0.3) is 0 Å². The average Bonchev–Trinajstić information content (AvgIpc) is 2.38. The van der Waals surface area contributed by atoms with E-state index in [9.17, 15) is 0 Å². The zero-order valence-electron chi connectivity index (χ0n) is 13.4. The molecule has 0 amide bonds. The van der Waals surface area contributed by atoms with E-state index in [1.165, 1.54) is 0 Å². The van der Waals surface area contributed by atoms with Crippen LogP contribution in [0, 0.1) is 0 Å². The minimum Gasteiger partial charge on any atom is -0.369 e. The van der Waals surface area contributed by atoms with E-state index in [0.29, 0.717) is 6.54 Å². The van der Waals surface area contributed by atoms with Crippen LogP contribution in [0.1, 0.15) is 39.8 Å². The number of nitrogens with one attached hydrogen (secondary N) is 1. The summed E-state index contributed by atoms with van der Waals surface area (Å²) in [5.74, 6) is 0.982. The summed E-state index contributed by atoms with van der Waals surface area (Å²) in [6.45, 7) is 11.9. The third-order valence-electron chi connectivity index (χ3n) is 3.52. The van der Waals surface area contributed by atoms with Gasteiger partial charge < -0.3 is 15.0 Å². The third-order valence-corrected chi connectivity index (χ3v) is 3.86. The second-order valence-electron chi connectivity index (χ2n) is 6.34. The van der Waals surface area contributed by atoms with Crippen molar-refractivity contribution < 1.29 is 4.74 Å². The number of anilines is 1. The lowest BCUT2D eigenvalue weighted by Crippen LogP contribution is -2.52. The molecule has 1 N–H and O–H groups in total.